The number of nitrogens with one attached hydrogen (secondary N) is 1. The van der Waals surface area contributed by atoms with Crippen molar-refractivity contribution < 1.29 is 17.6 Å². The van der Waals surface area contributed by atoms with E-state index in [2.05, 4.69) is 15.3 Å². The van der Waals surface area contributed by atoms with Crippen molar-refractivity contribution in [1.82, 2.24) is 9.97 Å². The molecule has 118 valence electrons. The van der Waals surface area contributed by atoms with Crippen molar-refractivity contribution in [2.45, 2.75) is 32.0 Å². The first-order chi connectivity index (χ1) is 10.3. The number of benzene rings is 1. The molecule has 0 amide bonds. The van der Waals surface area contributed by atoms with Gasteiger partial charge in [0.05, 0.1) is 6.04 Å². The molecule has 2 aromatic rings. The molecule has 0 spiro atoms. The fourth-order valence-electron chi connectivity index (χ4n) is 1.90. The van der Waals surface area contributed by atoms with Gasteiger partial charge >= 0.3 is 6.18 Å². The highest BCUT2D eigenvalue weighted by molar-refractivity contribution is 5.32. The predicted octanol–water partition coefficient (Wildman–Crippen LogP) is 4.28. The van der Waals surface area contributed by atoms with E-state index in [9.17, 15) is 17.6 Å². The Hall–Kier alpha value is -2.18. The summed E-state index contributed by atoms with van der Waals surface area (Å²) in [5.41, 5.74) is 1.15. The molecule has 0 bridgehead atoms. The zero-order chi connectivity index (χ0) is 16.2. The molecule has 1 atom stereocenters. The summed E-state index contributed by atoms with van der Waals surface area (Å²) in [5.74, 6) is -0.0853. The molecule has 0 unspecified atom stereocenters. The molecule has 0 radical (unpaired) electrons. The van der Waals surface area contributed by atoms with Crippen molar-refractivity contribution in [3.05, 3.63) is 53.6 Å². The Bertz CT molecular complexity index is 611. The van der Waals surface area contributed by atoms with E-state index in [0.717, 1.165) is 5.56 Å². The zero-order valence-electron chi connectivity index (χ0n) is 11.9. The molecule has 2 rings (SSSR count). The topological polar surface area (TPSA) is 37.8 Å². The maximum atomic E-state index is 12.9. The van der Waals surface area contributed by atoms with Gasteiger partial charge in [0, 0.05) is 18.3 Å². The monoisotopic (exact) mass is 313 g/mol. The van der Waals surface area contributed by atoms with Crippen LogP contribution in [0.1, 0.15) is 30.6 Å². The Kier molecular flexibility index (Phi) is 4.95. The molecule has 1 aromatic heterocycles. The van der Waals surface area contributed by atoms with Crippen LogP contribution in [0, 0.1) is 5.82 Å². The fourth-order valence-corrected chi connectivity index (χ4v) is 1.90. The molecule has 0 aliphatic carbocycles. The van der Waals surface area contributed by atoms with Crippen LogP contribution in [0.5, 0.6) is 0 Å². The van der Waals surface area contributed by atoms with Gasteiger partial charge in [0.25, 0.3) is 0 Å². The van der Waals surface area contributed by atoms with Crippen LogP contribution in [-0.4, -0.2) is 16.1 Å². The number of aryl methyl sites for hydroxylation is 1. The van der Waals surface area contributed by atoms with Gasteiger partial charge in [-0.1, -0.05) is 12.1 Å². The summed E-state index contributed by atoms with van der Waals surface area (Å²) < 4.78 is 49.5. The molecule has 1 heterocycles. The van der Waals surface area contributed by atoms with Crippen LogP contribution in [0.3, 0.4) is 0 Å². The van der Waals surface area contributed by atoms with E-state index in [1.807, 2.05) is 6.92 Å². The number of hydrogen-bond donors (Lipinski definition) is 1. The number of alkyl halides is 3. The van der Waals surface area contributed by atoms with Crippen LogP contribution >= 0.6 is 0 Å². The quantitative estimate of drug-likeness (QED) is 0.837. The van der Waals surface area contributed by atoms with Crippen molar-refractivity contribution in [3.8, 4) is 0 Å². The number of anilines is 1. The predicted molar refractivity (Wildman–Crippen MR) is 74.8 cm³/mol. The largest absolute Gasteiger partial charge is 0.389 e. The van der Waals surface area contributed by atoms with E-state index in [1.165, 1.54) is 24.4 Å². The highest BCUT2D eigenvalue weighted by Crippen LogP contribution is 2.22. The summed E-state index contributed by atoms with van der Waals surface area (Å²) in [6, 6.07) is 7.20. The van der Waals surface area contributed by atoms with E-state index in [4.69, 9.17) is 0 Å². The Labute approximate surface area is 125 Å². The second-order valence-electron chi connectivity index (χ2n) is 4.90. The van der Waals surface area contributed by atoms with Gasteiger partial charge in [-0.3, -0.25) is 0 Å². The number of halogens is 4. The molecule has 0 aliphatic heterocycles. The second kappa shape index (κ2) is 6.72. The van der Waals surface area contributed by atoms with E-state index >= 15 is 0 Å². The van der Waals surface area contributed by atoms with Gasteiger partial charge in [-0.25, -0.2) is 14.4 Å². The molecule has 1 aromatic carbocycles. The van der Waals surface area contributed by atoms with Crippen LogP contribution in [0.25, 0.3) is 0 Å². The Morgan fingerprint density at radius 1 is 1.14 bits per heavy atom. The number of aromatic nitrogens is 2. The summed E-state index contributed by atoms with van der Waals surface area (Å²) in [4.78, 5) is 8.05. The fraction of sp³-hybridized carbons (Fsp3) is 0.333. The van der Waals surface area contributed by atoms with Crippen molar-refractivity contribution >= 4 is 5.95 Å². The van der Waals surface area contributed by atoms with Crippen LogP contribution in [-0.2, 0) is 6.42 Å². The first kappa shape index (κ1) is 16.2. The van der Waals surface area contributed by atoms with Crippen LogP contribution in [0.15, 0.2) is 36.5 Å². The maximum Gasteiger partial charge on any atom is 0.389 e. The molecule has 3 nitrogen and oxygen atoms in total. The van der Waals surface area contributed by atoms with Crippen molar-refractivity contribution in [2.75, 3.05) is 5.32 Å². The molecule has 7 heteroatoms. The third kappa shape index (κ3) is 4.98. The van der Waals surface area contributed by atoms with E-state index < -0.39 is 12.6 Å². The van der Waals surface area contributed by atoms with Gasteiger partial charge in [0.15, 0.2) is 0 Å². The zero-order valence-corrected chi connectivity index (χ0v) is 11.9. The van der Waals surface area contributed by atoms with Gasteiger partial charge in [-0.15, -0.1) is 0 Å². The van der Waals surface area contributed by atoms with E-state index in [0.29, 0.717) is 5.69 Å². The summed E-state index contributed by atoms with van der Waals surface area (Å²) in [7, 11) is 0. The first-order valence-electron chi connectivity index (χ1n) is 6.74. The van der Waals surface area contributed by atoms with E-state index in [-0.39, 0.29) is 24.2 Å². The second-order valence-corrected chi connectivity index (χ2v) is 4.90. The van der Waals surface area contributed by atoms with Crippen molar-refractivity contribution in [2.24, 2.45) is 0 Å². The highest BCUT2D eigenvalue weighted by atomic mass is 19.4. The number of rotatable bonds is 5. The Morgan fingerprint density at radius 3 is 2.45 bits per heavy atom. The molecule has 0 saturated heterocycles. The minimum atomic E-state index is -4.21. The lowest BCUT2D eigenvalue weighted by atomic mass is 10.1. The molecule has 0 saturated carbocycles. The molecule has 0 fully saturated rings. The van der Waals surface area contributed by atoms with Crippen LogP contribution in [0.4, 0.5) is 23.5 Å². The molecule has 22 heavy (non-hydrogen) atoms. The number of hydrogen-bond acceptors (Lipinski definition) is 3. The first-order valence-corrected chi connectivity index (χ1v) is 6.74. The molecule has 1 N–H and O–H groups in total. The summed E-state index contributed by atoms with van der Waals surface area (Å²) in [6.07, 6.45) is -3.90. The van der Waals surface area contributed by atoms with Gasteiger partial charge in [0.2, 0.25) is 5.95 Å². The van der Waals surface area contributed by atoms with Gasteiger partial charge < -0.3 is 5.32 Å². The minimum absolute atomic E-state index is 0.189. The van der Waals surface area contributed by atoms with Crippen molar-refractivity contribution in [3.63, 3.8) is 0 Å². The lowest BCUT2D eigenvalue weighted by Crippen LogP contribution is -2.12. The molecule has 0 aliphatic rings. The average molecular weight is 313 g/mol. The van der Waals surface area contributed by atoms with Crippen LogP contribution < -0.4 is 5.32 Å². The van der Waals surface area contributed by atoms with E-state index in [1.54, 1.807) is 12.1 Å². The van der Waals surface area contributed by atoms with Gasteiger partial charge in [-0.05, 0) is 37.1 Å². The third-order valence-electron chi connectivity index (χ3n) is 3.09. The summed E-state index contributed by atoms with van der Waals surface area (Å²) >= 11 is 0. The highest BCUT2D eigenvalue weighted by Gasteiger charge is 2.26. The Balaban J connectivity index is 2.02. The summed E-state index contributed by atoms with van der Waals surface area (Å²) in [5, 5.41) is 2.99. The maximum absolute atomic E-state index is 12.9. The average Bonchev–Trinajstić information content (AvgIpc) is 2.45. The van der Waals surface area contributed by atoms with Crippen LogP contribution in [0.2, 0.25) is 0 Å². The van der Waals surface area contributed by atoms with Gasteiger partial charge in [0.1, 0.15) is 5.82 Å². The smallest absolute Gasteiger partial charge is 0.348 e. The molecular weight excluding hydrogens is 298 g/mol. The van der Waals surface area contributed by atoms with Gasteiger partial charge in [-0.2, -0.15) is 13.2 Å². The Morgan fingerprint density at radius 2 is 1.82 bits per heavy atom. The lowest BCUT2D eigenvalue weighted by Gasteiger charge is -2.14. The number of nitrogens with zero attached hydrogens (tertiary/aromatic N) is 2. The summed E-state index contributed by atoms with van der Waals surface area (Å²) in [6.45, 7) is 1.83. The molecular formula is C15H15F4N3. The standard InChI is InChI=1S/C15H15F4N3/c1-10(11-2-4-12(16)5-3-11)21-14-20-9-7-13(22-14)6-8-15(17,18)19/h2-5,7,9-10H,6,8H2,1H3,(H,20,21,22)/t10-/m0/s1. The minimum Gasteiger partial charge on any atom is -0.348 e. The lowest BCUT2D eigenvalue weighted by molar-refractivity contribution is -0.134. The SMILES string of the molecule is C[C@H](Nc1nccc(CCC(F)(F)F)n1)c1ccc(F)cc1. The van der Waals surface area contributed by atoms with Crippen molar-refractivity contribution in [1.29, 1.82) is 0 Å². The normalized spacial score (nSPS) is 13.0. The third-order valence-corrected chi connectivity index (χ3v) is 3.09.